The van der Waals surface area contributed by atoms with Gasteiger partial charge in [0.25, 0.3) is 5.91 Å². The van der Waals surface area contributed by atoms with Crippen molar-refractivity contribution < 1.29 is 9.59 Å². The molecule has 0 saturated carbocycles. The number of amides is 2. The van der Waals surface area contributed by atoms with Gasteiger partial charge in [-0.2, -0.15) is 0 Å². The Bertz CT molecular complexity index is 925. The molecule has 0 bridgehead atoms. The van der Waals surface area contributed by atoms with Crippen LogP contribution < -0.4 is 15.5 Å². The number of anilines is 4. The molecule has 0 spiro atoms. The minimum Gasteiger partial charge on any atom is -0.328 e. The number of hydrogen-bond donors (Lipinski definition) is 2. The fraction of sp³-hybridized carbons (Fsp3) is 0.100. The SMILES string of the molecule is CC(=O)Nc1ccc(NC(=O)c2ccc(N(C)c3ccccc3)nn2)cc1. The highest BCUT2D eigenvalue weighted by Crippen LogP contribution is 2.20. The number of para-hydroxylation sites is 1. The van der Waals surface area contributed by atoms with E-state index in [9.17, 15) is 9.59 Å². The fourth-order valence-electron chi connectivity index (χ4n) is 2.44. The van der Waals surface area contributed by atoms with E-state index < -0.39 is 0 Å². The molecule has 136 valence electrons. The molecule has 0 aliphatic rings. The summed E-state index contributed by atoms with van der Waals surface area (Å²) in [5.41, 5.74) is 2.45. The number of benzene rings is 2. The first-order valence-electron chi connectivity index (χ1n) is 8.34. The van der Waals surface area contributed by atoms with Gasteiger partial charge in [-0.15, -0.1) is 10.2 Å². The lowest BCUT2D eigenvalue weighted by Gasteiger charge is -2.17. The highest BCUT2D eigenvalue weighted by Gasteiger charge is 2.11. The first kappa shape index (κ1) is 18.1. The number of rotatable bonds is 5. The first-order chi connectivity index (χ1) is 13.0. The van der Waals surface area contributed by atoms with E-state index in [-0.39, 0.29) is 17.5 Å². The van der Waals surface area contributed by atoms with E-state index in [1.165, 1.54) is 6.92 Å². The van der Waals surface area contributed by atoms with Gasteiger partial charge in [-0.25, -0.2) is 0 Å². The molecule has 27 heavy (non-hydrogen) atoms. The second-order valence-corrected chi connectivity index (χ2v) is 5.88. The topological polar surface area (TPSA) is 87.2 Å². The summed E-state index contributed by atoms with van der Waals surface area (Å²) in [5.74, 6) is 0.128. The Morgan fingerprint density at radius 3 is 2.00 bits per heavy atom. The number of hydrogen-bond acceptors (Lipinski definition) is 5. The zero-order chi connectivity index (χ0) is 19.2. The summed E-state index contributed by atoms with van der Waals surface area (Å²) in [6.07, 6.45) is 0. The van der Waals surface area contributed by atoms with Gasteiger partial charge in [0.1, 0.15) is 0 Å². The molecule has 0 atom stereocenters. The Balaban J connectivity index is 1.66. The largest absolute Gasteiger partial charge is 0.328 e. The average Bonchev–Trinajstić information content (AvgIpc) is 2.69. The van der Waals surface area contributed by atoms with Crippen molar-refractivity contribution in [2.45, 2.75) is 6.92 Å². The van der Waals surface area contributed by atoms with Crippen LogP contribution in [0.4, 0.5) is 22.9 Å². The zero-order valence-corrected chi connectivity index (χ0v) is 15.0. The maximum atomic E-state index is 12.3. The highest BCUT2D eigenvalue weighted by atomic mass is 16.2. The second-order valence-electron chi connectivity index (χ2n) is 5.88. The van der Waals surface area contributed by atoms with Crippen molar-refractivity contribution >= 4 is 34.7 Å². The summed E-state index contributed by atoms with van der Waals surface area (Å²) >= 11 is 0. The number of nitrogens with one attached hydrogen (secondary N) is 2. The van der Waals surface area contributed by atoms with Crippen LogP contribution >= 0.6 is 0 Å². The van der Waals surface area contributed by atoms with Gasteiger partial charge >= 0.3 is 0 Å². The maximum Gasteiger partial charge on any atom is 0.276 e. The summed E-state index contributed by atoms with van der Waals surface area (Å²) in [7, 11) is 1.88. The van der Waals surface area contributed by atoms with E-state index in [4.69, 9.17) is 0 Å². The maximum absolute atomic E-state index is 12.3. The Morgan fingerprint density at radius 2 is 1.44 bits per heavy atom. The quantitative estimate of drug-likeness (QED) is 0.727. The second kappa shape index (κ2) is 8.09. The van der Waals surface area contributed by atoms with E-state index in [1.807, 2.05) is 42.3 Å². The van der Waals surface area contributed by atoms with Crippen LogP contribution in [0.1, 0.15) is 17.4 Å². The molecule has 0 radical (unpaired) electrons. The molecule has 2 aromatic carbocycles. The smallest absolute Gasteiger partial charge is 0.276 e. The molecule has 7 heteroatoms. The van der Waals surface area contributed by atoms with Gasteiger partial charge in [-0.1, -0.05) is 18.2 Å². The Morgan fingerprint density at radius 1 is 0.815 bits per heavy atom. The molecular weight excluding hydrogens is 342 g/mol. The molecule has 0 unspecified atom stereocenters. The van der Waals surface area contributed by atoms with Gasteiger partial charge in [0.2, 0.25) is 5.91 Å². The molecule has 2 amide bonds. The Hall–Kier alpha value is -3.74. The van der Waals surface area contributed by atoms with Crippen molar-refractivity contribution in [3.8, 4) is 0 Å². The molecule has 3 aromatic rings. The normalized spacial score (nSPS) is 10.1. The number of carbonyl (C=O) groups excluding carboxylic acids is 2. The third-order valence-corrected chi connectivity index (χ3v) is 3.83. The minimum absolute atomic E-state index is 0.150. The fourth-order valence-corrected chi connectivity index (χ4v) is 2.44. The Labute approximate surface area is 157 Å². The zero-order valence-electron chi connectivity index (χ0n) is 15.0. The number of nitrogens with zero attached hydrogens (tertiary/aromatic N) is 3. The van der Waals surface area contributed by atoms with Crippen LogP contribution in [-0.2, 0) is 4.79 Å². The number of carbonyl (C=O) groups is 2. The summed E-state index contributed by atoms with van der Waals surface area (Å²) in [5, 5.41) is 13.6. The van der Waals surface area contributed by atoms with Crippen molar-refractivity contribution in [3.05, 3.63) is 72.4 Å². The van der Waals surface area contributed by atoms with E-state index in [2.05, 4.69) is 20.8 Å². The predicted molar refractivity (Wildman–Crippen MR) is 105 cm³/mol. The van der Waals surface area contributed by atoms with E-state index in [0.29, 0.717) is 17.2 Å². The summed E-state index contributed by atoms with van der Waals surface area (Å²) in [6, 6.07) is 20.0. The molecule has 1 aromatic heterocycles. The number of aromatic nitrogens is 2. The molecule has 0 aliphatic carbocycles. The molecule has 0 saturated heterocycles. The van der Waals surface area contributed by atoms with Crippen LogP contribution in [0.3, 0.4) is 0 Å². The van der Waals surface area contributed by atoms with Crippen molar-refractivity contribution in [2.75, 3.05) is 22.6 Å². The molecule has 3 rings (SSSR count). The molecule has 1 heterocycles. The van der Waals surface area contributed by atoms with E-state index in [0.717, 1.165) is 5.69 Å². The van der Waals surface area contributed by atoms with Gasteiger partial charge in [-0.3, -0.25) is 9.59 Å². The molecule has 0 aliphatic heterocycles. The van der Waals surface area contributed by atoms with Crippen molar-refractivity contribution in [1.82, 2.24) is 10.2 Å². The van der Waals surface area contributed by atoms with Crippen molar-refractivity contribution in [1.29, 1.82) is 0 Å². The first-order valence-corrected chi connectivity index (χ1v) is 8.34. The van der Waals surface area contributed by atoms with Gasteiger partial charge < -0.3 is 15.5 Å². The lowest BCUT2D eigenvalue weighted by Crippen LogP contribution is -2.17. The highest BCUT2D eigenvalue weighted by molar-refractivity contribution is 6.03. The average molecular weight is 361 g/mol. The van der Waals surface area contributed by atoms with Gasteiger partial charge in [-0.05, 0) is 48.5 Å². The van der Waals surface area contributed by atoms with Crippen LogP contribution in [0, 0.1) is 0 Å². The van der Waals surface area contributed by atoms with E-state index >= 15 is 0 Å². The summed E-state index contributed by atoms with van der Waals surface area (Å²) in [4.78, 5) is 25.2. The summed E-state index contributed by atoms with van der Waals surface area (Å²) in [6.45, 7) is 1.44. The van der Waals surface area contributed by atoms with Gasteiger partial charge in [0, 0.05) is 31.0 Å². The van der Waals surface area contributed by atoms with Gasteiger partial charge in [0.05, 0.1) is 0 Å². The molecule has 0 fully saturated rings. The monoisotopic (exact) mass is 361 g/mol. The van der Waals surface area contributed by atoms with Crippen LogP contribution in [0.25, 0.3) is 0 Å². The minimum atomic E-state index is -0.358. The summed E-state index contributed by atoms with van der Waals surface area (Å²) < 4.78 is 0. The van der Waals surface area contributed by atoms with Crippen molar-refractivity contribution in [2.24, 2.45) is 0 Å². The predicted octanol–water partition coefficient (Wildman–Crippen LogP) is 3.46. The van der Waals surface area contributed by atoms with Crippen LogP contribution in [0.15, 0.2) is 66.7 Å². The van der Waals surface area contributed by atoms with E-state index in [1.54, 1.807) is 36.4 Å². The van der Waals surface area contributed by atoms with Crippen LogP contribution in [-0.4, -0.2) is 29.1 Å². The lowest BCUT2D eigenvalue weighted by molar-refractivity contribution is -0.114. The van der Waals surface area contributed by atoms with Gasteiger partial charge in [0.15, 0.2) is 11.5 Å². The third-order valence-electron chi connectivity index (χ3n) is 3.83. The third kappa shape index (κ3) is 4.66. The lowest BCUT2D eigenvalue weighted by atomic mass is 10.2. The van der Waals surface area contributed by atoms with Crippen LogP contribution in [0.2, 0.25) is 0 Å². The standard InChI is InChI=1S/C20H19N5O2/c1-14(26)21-15-8-10-16(11-9-15)22-20(27)18-12-13-19(24-23-18)25(2)17-6-4-3-5-7-17/h3-13H,1-2H3,(H,21,26)(H,22,27). The molecule has 2 N–H and O–H groups in total. The molecule has 7 nitrogen and oxygen atoms in total. The Kier molecular flexibility index (Phi) is 5.41. The van der Waals surface area contributed by atoms with Crippen LogP contribution in [0.5, 0.6) is 0 Å². The molecular formula is C20H19N5O2. The van der Waals surface area contributed by atoms with Crippen molar-refractivity contribution in [3.63, 3.8) is 0 Å².